The van der Waals surface area contributed by atoms with Gasteiger partial charge in [-0.2, -0.15) is 0 Å². The third-order valence-corrected chi connectivity index (χ3v) is 4.12. The lowest BCUT2D eigenvalue weighted by molar-refractivity contribution is 0.0894. The summed E-state index contributed by atoms with van der Waals surface area (Å²) >= 11 is 9.24. The molecule has 1 amide bonds. The van der Waals surface area contributed by atoms with Crippen LogP contribution in [0.3, 0.4) is 0 Å². The Kier molecular flexibility index (Phi) is 4.35. The van der Waals surface area contributed by atoms with Crippen LogP contribution in [-0.2, 0) is 0 Å². The number of rotatable bonds is 2. The first kappa shape index (κ1) is 13.5. The van der Waals surface area contributed by atoms with Crippen molar-refractivity contribution in [1.82, 2.24) is 4.90 Å². The number of halogens is 2. The molecule has 1 fully saturated rings. The highest BCUT2D eigenvalue weighted by molar-refractivity contribution is 9.10. The van der Waals surface area contributed by atoms with E-state index in [1.165, 1.54) is 4.90 Å². The molecule has 1 heterocycles. The molecule has 0 unspecified atom stereocenters. The molecule has 0 atom stereocenters. The molecular weight excluding hydrogens is 321 g/mol. The van der Waals surface area contributed by atoms with E-state index in [0.29, 0.717) is 31.0 Å². The minimum atomic E-state index is -0.859. The van der Waals surface area contributed by atoms with Gasteiger partial charge in [0.05, 0.1) is 5.02 Å². The van der Waals surface area contributed by atoms with E-state index in [1.807, 2.05) is 12.1 Å². The molecule has 1 aliphatic rings. The van der Waals surface area contributed by atoms with Crippen molar-refractivity contribution in [3.8, 4) is 5.75 Å². The number of hydrogen-bond acceptors (Lipinski definition) is 2. The number of hydrogen-bond donors (Lipinski definition) is 1. The van der Waals surface area contributed by atoms with Crippen molar-refractivity contribution in [2.75, 3.05) is 13.1 Å². The molecule has 1 N–H and O–H groups in total. The van der Waals surface area contributed by atoms with Gasteiger partial charge < -0.3 is 14.7 Å². The predicted molar refractivity (Wildman–Crippen MR) is 72.4 cm³/mol. The lowest BCUT2D eigenvalue weighted by Crippen LogP contribution is -2.41. The maximum Gasteiger partial charge on any atom is 0.407 e. The molecule has 0 bridgehead atoms. The van der Waals surface area contributed by atoms with Crippen LogP contribution in [0.1, 0.15) is 12.8 Å². The number of carbonyl (C=O) groups is 1. The van der Waals surface area contributed by atoms with E-state index in [-0.39, 0.29) is 6.10 Å². The first-order valence-corrected chi connectivity index (χ1v) is 6.83. The second-order valence-electron chi connectivity index (χ2n) is 4.16. The summed E-state index contributed by atoms with van der Waals surface area (Å²) in [5.74, 6) is 0.750. The number of ether oxygens (including phenoxy) is 1. The number of nitrogens with zero attached hydrogens (tertiary/aromatic N) is 1. The van der Waals surface area contributed by atoms with Gasteiger partial charge in [0.2, 0.25) is 0 Å². The Morgan fingerprint density at radius 3 is 2.67 bits per heavy atom. The molecule has 98 valence electrons. The quantitative estimate of drug-likeness (QED) is 0.898. The van der Waals surface area contributed by atoms with Crippen molar-refractivity contribution in [2.24, 2.45) is 0 Å². The van der Waals surface area contributed by atoms with E-state index < -0.39 is 6.09 Å². The SMILES string of the molecule is O=C(O)N1CCC(Oc2ccc(Cl)c(Br)c2)CC1. The Hall–Kier alpha value is -0.940. The molecule has 0 aliphatic carbocycles. The van der Waals surface area contributed by atoms with Crippen molar-refractivity contribution in [3.05, 3.63) is 27.7 Å². The van der Waals surface area contributed by atoms with E-state index in [1.54, 1.807) is 6.07 Å². The number of likely N-dealkylation sites (tertiary alicyclic amines) is 1. The molecule has 1 aliphatic heterocycles. The van der Waals surface area contributed by atoms with Gasteiger partial charge in [0.15, 0.2) is 0 Å². The van der Waals surface area contributed by atoms with Crippen LogP contribution in [0, 0.1) is 0 Å². The smallest absolute Gasteiger partial charge is 0.407 e. The lowest BCUT2D eigenvalue weighted by Gasteiger charge is -2.30. The highest BCUT2D eigenvalue weighted by Crippen LogP contribution is 2.28. The summed E-state index contributed by atoms with van der Waals surface area (Å²) in [5, 5.41) is 9.49. The zero-order valence-corrected chi connectivity index (χ0v) is 11.9. The normalized spacial score (nSPS) is 16.7. The van der Waals surface area contributed by atoms with Crippen LogP contribution in [0.2, 0.25) is 5.02 Å². The topological polar surface area (TPSA) is 49.8 Å². The predicted octanol–water partition coefficient (Wildman–Crippen LogP) is 3.62. The van der Waals surface area contributed by atoms with Gasteiger partial charge in [-0.3, -0.25) is 0 Å². The standard InChI is InChI=1S/C12H13BrClNO3/c13-10-7-9(1-2-11(10)14)18-8-3-5-15(6-4-8)12(16)17/h1-2,7-8H,3-6H2,(H,16,17). The molecule has 4 nitrogen and oxygen atoms in total. The second-order valence-corrected chi connectivity index (χ2v) is 5.42. The Balaban J connectivity index is 1.91. The molecule has 2 rings (SSSR count). The summed E-state index contributed by atoms with van der Waals surface area (Å²) < 4.78 is 6.61. The first-order chi connectivity index (χ1) is 8.56. The maximum atomic E-state index is 10.8. The van der Waals surface area contributed by atoms with Crippen molar-refractivity contribution < 1.29 is 14.6 Å². The first-order valence-electron chi connectivity index (χ1n) is 5.66. The summed E-state index contributed by atoms with van der Waals surface area (Å²) in [7, 11) is 0. The summed E-state index contributed by atoms with van der Waals surface area (Å²) in [4.78, 5) is 12.2. The number of piperidine rings is 1. The minimum absolute atomic E-state index is 0.0636. The van der Waals surface area contributed by atoms with Gasteiger partial charge in [-0.05, 0) is 34.1 Å². The maximum absolute atomic E-state index is 10.8. The third kappa shape index (κ3) is 3.29. The lowest BCUT2D eigenvalue weighted by atomic mass is 10.1. The summed E-state index contributed by atoms with van der Waals surface area (Å²) in [6.45, 7) is 1.05. The van der Waals surface area contributed by atoms with Crippen LogP contribution >= 0.6 is 27.5 Å². The highest BCUT2D eigenvalue weighted by Gasteiger charge is 2.23. The van der Waals surface area contributed by atoms with Crippen molar-refractivity contribution >= 4 is 33.6 Å². The minimum Gasteiger partial charge on any atom is -0.490 e. The molecule has 1 aromatic rings. The number of carboxylic acid groups (broad SMARTS) is 1. The monoisotopic (exact) mass is 333 g/mol. The molecule has 18 heavy (non-hydrogen) atoms. The van der Waals surface area contributed by atoms with E-state index >= 15 is 0 Å². The molecule has 0 spiro atoms. The van der Waals surface area contributed by atoms with E-state index in [0.717, 1.165) is 10.2 Å². The Bertz CT molecular complexity index is 447. The zero-order chi connectivity index (χ0) is 13.1. The van der Waals surface area contributed by atoms with Gasteiger partial charge in [0.1, 0.15) is 11.9 Å². The van der Waals surface area contributed by atoms with Crippen molar-refractivity contribution in [3.63, 3.8) is 0 Å². The molecule has 1 aromatic carbocycles. The molecule has 6 heteroatoms. The molecule has 0 saturated carbocycles. The van der Waals surface area contributed by atoms with E-state index in [9.17, 15) is 4.79 Å². The fourth-order valence-electron chi connectivity index (χ4n) is 1.91. The van der Waals surface area contributed by atoms with E-state index in [4.69, 9.17) is 21.4 Å². The molecule has 0 radical (unpaired) electrons. The largest absolute Gasteiger partial charge is 0.490 e. The molecular formula is C12H13BrClNO3. The highest BCUT2D eigenvalue weighted by atomic mass is 79.9. The summed E-state index contributed by atoms with van der Waals surface area (Å²) in [6, 6.07) is 5.41. The third-order valence-electron chi connectivity index (χ3n) is 2.91. The van der Waals surface area contributed by atoms with E-state index in [2.05, 4.69) is 15.9 Å². The fourth-order valence-corrected chi connectivity index (χ4v) is 2.38. The van der Waals surface area contributed by atoms with Gasteiger partial charge in [-0.1, -0.05) is 11.6 Å². The van der Waals surface area contributed by atoms with Crippen molar-refractivity contribution in [2.45, 2.75) is 18.9 Å². The average molecular weight is 335 g/mol. The van der Waals surface area contributed by atoms with Gasteiger partial charge in [-0.25, -0.2) is 4.79 Å². The summed E-state index contributed by atoms with van der Waals surface area (Å²) in [6.07, 6.45) is 0.635. The number of benzene rings is 1. The number of amides is 1. The molecule has 1 saturated heterocycles. The second kappa shape index (κ2) is 5.80. The fraction of sp³-hybridized carbons (Fsp3) is 0.417. The summed E-state index contributed by atoms with van der Waals surface area (Å²) in [5.41, 5.74) is 0. The Labute approximate surface area is 119 Å². The molecule has 0 aromatic heterocycles. The van der Waals surface area contributed by atoms with Gasteiger partial charge in [0.25, 0.3) is 0 Å². The van der Waals surface area contributed by atoms with Crippen LogP contribution in [-0.4, -0.2) is 35.3 Å². The Morgan fingerprint density at radius 2 is 2.11 bits per heavy atom. The van der Waals surface area contributed by atoms with Crippen molar-refractivity contribution in [1.29, 1.82) is 0 Å². The van der Waals surface area contributed by atoms with Gasteiger partial charge in [0, 0.05) is 30.4 Å². The van der Waals surface area contributed by atoms with Crippen LogP contribution < -0.4 is 4.74 Å². The van der Waals surface area contributed by atoms with Gasteiger partial charge >= 0.3 is 6.09 Å². The Morgan fingerprint density at radius 1 is 1.44 bits per heavy atom. The van der Waals surface area contributed by atoms with Crippen LogP contribution in [0.25, 0.3) is 0 Å². The van der Waals surface area contributed by atoms with Gasteiger partial charge in [-0.15, -0.1) is 0 Å². The zero-order valence-electron chi connectivity index (χ0n) is 9.60. The van der Waals surface area contributed by atoms with Crippen LogP contribution in [0.15, 0.2) is 22.7 Å². The van der Waals surface area contributed by atoms with Crippen LogP contribution in [0.5, 0.6) is 5.75 Å². The van der Waals surface area contributed by atoms with Crippen LogP contribution in [0.4, 0.5) is 4.79 Å². The average Bonchev–Trinajstić information content (AvgIpc) is 2.34.